The molecule has 0 aliphatic heterocycles. The Balaban J connectivity index is 1.79. The van der Waals surface area contributed by atoms with Gasteiger partial charge in [-0.3, -0.25) is 9.78 Å². The monoisotopic (exact) mass is 351 g/mol. The van der Waals surface area contributed by atoms with E-state index in [1.54, 1.807) is 6.20 Å². The lowest BCUT2D eigenvalue weighted by Crippen LogP contribution is -2.26. The van der Waals surface area contributed by atoms with Crippen molar-refractivity contribution in [1.82, 2.24) is 9.97 Å². The van der Waals surface area contributed by atoms with Crippen molar-refractivity contribution >= 4 is 22.4 Å². The standard InChI is InChI=1S/C20H21N3OS/c1-3-14(2)18(15-9-5-4-6-10-15)19(24)23-20-22-17(13-25-20)16-11-7-8-12-21-16/h4-14,18H,3H2,1-2H3,(H,22,23,24)/t14-,18-/m0/s1. The third kappa shape index (κ3) is 4.12. The number of anilines is 1. The van der Waals surface area contributed by atoms with Crippen molar-refractivity contribution in [3.63, 3.8) is 0 Å². The molecule has 0 spiro atoms. The molecule has 0 unspecified atom stereocenters. The van der Waals surface area contributed by atoms with Gasteiger partial charge in [-0.05, 0) is 23.6 Å². The Kier molecular flexibility index (Phi) is 5.56. The second-order valence-corrected chi connectivity index (χ2v) is 6.87. The Bertz CT molecular complexity index is 817. The van der Waals surface area contributed by atoms with Crippen LogP contribution < -0.4 is 5.32 Å². The number of nitrogens with zero attached hydrogens (tertiary/aromatic N) is 2. The van der Waals surface area contributed by atoms with E-state index in [4.69, 9.17) is 0 Å². The summed E-state index contributed by atoms with van der Waals surface area (Å²) in [6, 6.07) is 15.6. The van der Waals surface area contributed by atoms with E-state index < -0.39 is 0 Å². The minimum Gasteiger partial charge on any atom is -0.301 e. The van der Waals surface area contributed by atoms with Gasteiger partial charge in [0.1, 0.15) is 5.69 Å². The smallest absolute Gasteiger partial charge is 0.233 e. The summed E-state index contributed by atoms with van der Waals surface area (Å²) in [7, 11) is 0. The molecule has 5 heteroatoms. The van der Waals surface area contributed by atoms with E-state index in [1.807, 2.05) is 53.9 Å². The number of aromatic nitrogens is 2. The molecule has 25 heavy (non-hydrogen) atoms. The second-order valence-electron chi connectivity index (χ2n) is 6.02. The van der Waals surface area contributed by atoms with E-state index in [1.165, 1.54) is 11.3 Å². The van der Waals surface area contributed by atoms with E-state index in [0.717, 1.165) is 23.4 Å². The third-order valence-corrected chi connectivity index (χ3v) is 5.07. The molecule has 3 aromatic rings. The van der Waals surface area contributed by atoms with Crippen molar-refractivity contribution in [1.29, 1.82) is 0 Å². The largest absolute Gasteiger partial charge is 0.301 e. The molecule has 3 rings (SSSR count). The van der Waals surface area contributed by atoms with Gasteiger partial charge in [0.05, 0.1) is 11.6 Å². The Labute approximate surface area is 152 Å². The van der Waals surface area contributed by atoms with Crippen molar-refractivity contribution in [3.8, 4) is 11.4 Å². The fourth-order valence-corrected chi connectivity index (χ4v) is 3.49. The number of benzene rings is 1. The molecule has 2 heterocycles. The minimum atomic E-state index is -0.187. The summed E-state index contributed by atoms with van der Waals surface area (Å²) in [5.41, 5.74) is 2.62. The number of carbonyl (C=O) groups excluding carboxylic acids is 1. The first-order chi connectivity index (χ1) is 12.2. The van der Waals surface area contributed by atoms with Gasteiger partial charge in [-0.2, -0.15) is 0 Å². The normalized spacial score (nSPS) is 13.2. The Morgan fingerprint density at radius 2 is 1.88 bits per heavy atom. The van der Waals surface area contributed by atoms with E-state index in [2.05, 4.69) is 29.1 Å². The van der Waals surface area contributed by atoms with Crippen LogP contribution in [0.1, 0.15) is 31.7 Å². The lowest BCUT2D eigenvalue weighted by atomic mass is 9.85. The highest BCUT2D eigenvalue weighted by atomic mass is 32.1. The van der Waals surface area contributed by atoms with Crippen LogP contribution in [-0.2, 0) is 4.79 Å². The van der Waals surface area contributed by atoms with Gasteiger partial charge in [-0.25, -0.2) is 4.98 Å². The molecule has 2 atom stereocenters. The van der Waals surface area contributed by atoms with Crippen LogP contribution >= 0.6 is 11.3 Å². The number of pyridine rings is 1. The molecule has 4 nitrogen and oxygen atoms in total. The average Bonchev–Trinajstić information content (AvgIpc) is 3.12. The van der Waals surface area contributed by atoms with Gasteiger partial charge in [0.2, 0.25) is 5.91 Å². The molecule has 2 aromatic heterocycles. The van der Waals surface area contributed by atoms with Gasteiger partial charge in [0, 0.05) is 11.6 Å². The fraction of sp³-hybridized carbons (Fsp3) is 0.250. The Morgan fingerprint density at radius 3 is 2.56 bits per heavy atom. The van der Waals surface area contributed by atoms with Crippen LogP contribution in [0.15, 0.2) is 60.1 Å². The van der Waals surface area contributed by atoms with Crippen molar-refractivity contribution in [2.45, 2.75) is 26.2 Å². The van der Waals surface area contributed by atoms with Gasteiger partial charge in [0.25, 0.3) is 0 Å². The first kappa shape index (κ1) is 17.3. The first-order valence-electron chi connectivity index (χ1n) is 8.41. The number of hydrogen-bond acceptors (Lipinski definition) is 4. The average molecular weight is 351 g/mol. The molecular formula is C20H21N3OS. The molecule has 1 aromatic carbocycles. The Hall–Kier alpha value is -2.53. The maximum atomic E-state index is 12.9. The van der Waals surface area contributed by atoms with Crippen LogP contribution in [-0.4, -0.2) is 15.9 Å². The fourth-order valence-electron chi connectivity index (χ4n) is 2.78. The van der Waals surface area contributed by atoms with Crippen LogP contribution in [0.2, 0.25) is 0 Å². The number of rotatable bonds is 6. The maximum Gasteiger partial charge on any atom is 0.233 e. The number of hydrogen-bond donors (Lipinski definition) is 1. The highest BCUT2D eigenvalue weighted by Gasteiger charge is 2.26. The second kappa shape index (κ2) is 8.03. The van der Waals surface area contributed by atoms with Crippen LogP contribution in [0.4, 0.5) is 5.13 Å². The van der Waals surface area contributed by atoms with Gasteiger partial charge in [-0.15, -0.1) is 11.3 Å². The molecule has 0 bridgehead atoms. The third-order valence-electron chi connectivity index (χ3n) is 4.32. The SMILES string of the molecule is CC[C@H](C)[C@H](C(=O)Nc1nc(-c2ccccn2)cs1)c1ccccc1. The molecule has 0 saturated heterocycles. The van der Waals surface area contributed by atoms with Crippen molar-refractivity contribution in [3.05, 3.63) is 65.7 Å². The van der Waals surface area contributed by atoms with E-state index in [9.17, 15) is 4.79 Å². The molecule has 0 radical (unpaired) electrons. The summed E-state index contributed by atoms with van der Waals surface area (Å²) in [6.07, 6.45) is 2.67. The van der Waals surface area contributed by atoms with Gasteiger partial charge in [-0.1, -0.05) is 56.7 Å². The zero-order valence-electron chi connectivity index (χ0n) is 14.3. The summed E-state index contributed by atoms with van der Waals surface area (Å²) >= 11 is 1.42. The summed E-state index contributed by atoms with van der Waals surface area (Å²) in [6.45, 7) is 4.22. The first-order valence-corrected chi connectivity index (χ1v) is 9.29. The molecule has 0 aliphatic carbocycles. The quantitative estimate of drug-likeness (QED) is 0.682. The summed E-state index contributed by atoms with van der Waals surface area (Å²) in [5.74, 6) is 0.0495. The topological polar surface area (TPSA) is 54.9 Å². The molecule has 1 N–H and O–H groups in total. The summed E-state index contributed by atoms with van der Waals surface area (Å²) in [5, 5.41) is 5.51. The predicted molar refractivity (Wildman–Crippen MR) is 103 cm³/mol. The highest BCUT2D eigenvalue weighted by molar-refractivity contribution is 7.14. The molecule has 128 valence electrons. The van der Waals surface area contributed by atoms with Crippen molar-refractivity contribution in [2.75, 3.05) is 5.32 Å². The van der Waals surface area contributed by atoms with Gasteiger partial charge >= 0.3 is 0 Å². The highest BCUT2D eigenvalue weighted by Crippen LogP contribution is 2.30. The minimum absolute atomic E-state index is 0.0116. The lowest BCUT2D eigenvalue weighted by Gasteiger charge is -2.22. The molecular weight excluding hydrogens is 330 g/mol. The van der Waals surface area contributed by atoms with Gasteiger partial charge < -0.3 is 5.32 Å². The summed E-state index contributed by atoms with van der Waals surface area (Å²) < 4.78 is 0. The molecule has 0 aliphatic rings. The summed E-state index contributed by atoms with van der Waals surface area (Å²) in [4.78, 5) is 21.7. The molecule has 1 amide bonds. The van der Waals surface area contributed by atoms with E-state index >= 15 is 0 Å². The lowest BCUT2D eigenvalue weighted by molar-refractivity contribution is -0.118. The number of thiazole rings is 1. The predicted octanol–water partition coefficient (Wildman–Crippen LogP) is 4.97. The van der Waals surface area contributed by atoms with Crippen molar-refractivity contribution in [2.24, 2.45) is 5.92 Å². The molecule has 0 saturated carbocycles. The zero-order valence-corrected chi connectivity index (χ0v) is 15.2. The number of nitrogens with one attached hydrogen (secondary N) is 1. The van der Waals surface area contributed by atoms with Crippen LogP contribution in [0.25, 0.3) is 11.4 Å². The van der Waals surface area contributed by atoms with E-state index in [-0.39, 0.29) is 17.7 Å². The van der Waals surface area contributed by atoms with Gasteiger partial charge in [0.15, 0.2) is 5.13 Å². The van der Waals surface area contributed by atoms with Crippen LogP contribution in [0, 0.1) is 5.92 Å². The number of amides is 1. The zero-order chi connectivity index (χ0) is 17.6. The maximum absolute atomic E-state index is 12.9. The van der Waals surface area contributed by atoms with Crippen molar-refractivity contribution < 1.29 is 4.79 Å². The van der Waals surface area contributed by atoms with E-state index in [0.29, 0.717) is 5.13 Å². The van der Waals surface area contributed by atoms with Crippen LogP contribution in [0.5, 0.6) is 0 Å². The Morgan fingerprint density at radius 1 is 1.12 bits per heavy atom. The number of carbonyl (C=O) groups is 1. The van der Waals surface area contributed by atoms with Crippen LogP contribution in [0.3, 0.4) is 0 Å². The molecule has 0 fully saturated rings.